The highest BCUT2D eigenvalue weighted by Crippen LogP contribution is 2.17. The third-order valence-corrected chi connectivity index (χ3v) is 3.83. The zero-order valence-electron chi connectivity index (χ0n) is 8.65. The summed E-state index contributed by atoms with van der Waals surface area (Å²) < 4.78 is 0. The van der Waals surface area contributed by atoms with Crippen molar-refractivity contribution in [1.29, 1.82) is 0 Å². The summed E-state index contributed by atoms with van der Waals surface area (Å²) in [6.07, 6.45) is 0. The van der Waals surface area contributed by atoms with Crippen LogP contribution < -0.4 is 10.6 Å². The molecule has 0 aromatic carbocycles. The first-order valence-corrected chi connectivity index (χ1v) is 6.78. The molecule has 0 bridgehead atoms. The minimum atomic E-state index is -0.158. The molecular weight excluding hydrogens is 246 g/mol. The molecule has 1 amide bonds. The number of aromatic nitrogens is 1. The largest absolute Gasteiger partial charge is 0.301 e. The third kappa shape index (κ3) is 2.60. The van der Waals surface area contributed by atoms with Crippen LogP contribution in [0.1, 0.15) is 17.4 Å². The van der Waals surface area contributed by atoms with E-state index >= 15 is 0 Å². The van der Waals surface area contributed by atoms with Crippen molar-refractivity contribution in [1.82, 2.24) is 10.3 Å². The van der Waals surface area contributed by atoms with Crippen LogP contribution in [0.3, 0.4) is 0 Å². The molecule has 1 aromatic rings. The van der Waals surface area contributed by atoms with Crippen LogP contribution in [0.4, 0.5) is 5.13 Å². The van der Waals surface area contributed by atoms with E-state index in [9.17, 15) is 9.59 Å². The molecule has 86 valence electrons. The first-order chi connectivity index (χ1) is 7.66. The van der Waals surface area contributed by atoms with Crippen molar-refractivity contribution >= 4 is 39.9 Å². The number of anilines is 1. The lowest BCUT2D eigenvalue weighted by Crippen LogP contribution is -2.37. The van der Waals surface area contributed by atoms with E-state index in [4.69, 9.17) is 0 Å². The van der Waals surface area contributed by atoms with Crippen molar-refractivity contribution in [2.45, 2.75) is 13.0 Å². The molecule has 1 unspecified atom stereocenters. The molecule has 1 aromatic heterocycles. The number of carbonyl (C=O) groups excluding carboxylic acids is 2. The van der Waals surface area contributed by atoms with Crippen molar-refractivity contribution in [2.75, 3.05) is 16.9 Å². The van der Waals surface area contributed by atoms with Crippen LogP contribution in [-0.2, 0) is 4.79 Å². The average Bonchev–Trinajstić information content (AvgIpc) is 2.87. The van der Waals surface area contributed by atoms with Crippen LogP contribution in [0.15, 0.2) is 5.38 Å². The SMILES string of the molecule is CC(=O)c1csc(NC(=O)C2CSCN2)n1. The molecule has 1 aliphatic rings. The number of nitrogens with one attached hydrogen (secondary N) is 2. The van der Waals surface area contributed by atoms with Gasteiger partial charge in [0.25, 0.3) is 0 Å². The molecule has 1 fully saturated rings. The predicted octanol–water partition coefficient (Wildman–Crippen LogP) is 0.947. The summed E-state index contributed by atoms with van der Waals surface area (Å²) >= 11 is 2.95. The second-order valence-corrected chi connectivity index (χ2v) is 5.24. The normalized spacial score (nSPS) is 19.7. The molecule has 0 aliphatic carbocycles. The topological polar surface area (TPSA) is 71.1 Å². The van der Waals surface area contributed by atoms with Gasteiger partial charge >= 0.3 is 0 Å². The average molecular weight is 257 g/mol. The second kappa shape index (κ2) is 4.94. The first kappa shape index (κ1) is 11.6. The maximum Gasteiger partial charge on any atom is 0.244 e. The summed E-state index contributed by atoms with van der Waals surface area (Å²) in [6, 6.07) is -0.158. The lowest BCUT2D eigenvalue weighted by molar-refractivity contribution is -0.117. The van der Waals surface area contributed by atoms with Gasteiger partial charge in [0, 0.05) is 23.9 Å². The molecular formula is C9H11N3O2S2. The van der Waals surface area contributed by atoms with Gasteiger partial charge in [-0.25, -0.2) is 4.98 Å². The number of Topliss-reactive ketones (excluding diaryl/α,β-unsaturated/α-hetero) is 1. The minimum Gasteiger partial charge on any atom is -0.301 e. The van der Waals surface area contributed by atoms with E-state index in [1.807, 2.05) is 0 Å². The van der Waals surface area contributed by atoms with Gasteiger partial charge in [-0.05, 0) is 0 Å². The highest BCUT2D eigenvalue weighted by molar-refractivity contribution is 7.99. The summed E-state index contributed by atoms with van der Waals surface area (Å²) in [6.45, 7) is 1.45. The molecule has 16 heavy (non-hydrogen) atoms. The van der Waals surface area contributed by atoms with Gasteiger partial charge in [0.2, 0.25) is 5.91 Å². The fourth-order valence-corrected chi connectivity index (χ4v) is 2.94. The zero-order chi connectivity index (χ0) is 11.5. The summed E-state index contributed by atoms with van der Waals surface area (Å²) in [5, 5.41) is 7.89. The molecule has 0 radical (unpaired) electrons. The van der Waals surface area contributed by atoms with E-state index < -0.39 is 0 Å². The van der Waals surface area contributed by atoms with Gasteiger partial charge in [-0.1, -0.05) is 0 Å². The van der Waals surface area contributed by atoms with Crippen molar-refractivity contribution in [3.8, 4) is 0 Å². The van der Waals surface area contributed by atoms with Crippen LogP contribution in [0.2, 0.25) is 0 Å². The zero-order valence-corrected chi connectivity index (χ0v) is 10.3. The van der Waals surface area contributed by atoms with Crippen LogP contribution >= 0.6 is 23.1 Å². The predicted molar refractivity (Wildman–Crippen MR) is 65.0 cm³/mol. The van der Waals surface area contributed by atoms with Gasteiger partial charge in [0.1, 0.15) is 5.69 Å². The van der Waals surface area contributed by atoms with E-state index in [-0.39, 0.29) is 17.7 Å². The van der Waals surface area contributed by atoms with Gasteiger partial charge in [-0.3, -0.25) is 14.9 Å². The van der Waals surface area contributed by atoms with Crippen LogP contribution in [0, 0.1) is 0 Å². The second-order valence-electron chi connectivity index (χ2n) is 3.36. The Kier molecular flexibility index (Phi) is 3.57. The Labute approximate surface area is 101 Å². The molecule has 7 heteroatoms. The fraction of sp³-hybridized carbons (Fsp3) is 0.444. The number of nitrogens with zero attached hydrogens (tertiary/aromatic N) is 1. The van der Waals surface area contributed by atoms with Crippen molar-refractivity contribution in [3.05, 3.63) is 11.1 Å². The van der Waals surface area contributed by atoms with Gasteiger partial charge < -0.3 is 5.32 Å². The third-order valence-electron chi connectivity index (χ3n) is 2.13. The Morgan fingerprint density at radius 3 is 3.00 bits per heavy atom. The van der Waals surface area contributed by atoms with Crippen LogP contribution in [-0.4, -0.2) is 34.3 Å². The van der Waals surface area contributed by atoms with Crippen molar-refractivity contribution < 1.29 is 9.59 Å². The molecule has 0 spiro atoms. The van der Waals surface area contributed by atoms with E-state index in [0.29, 0.717) is 10.8 Å². The number of hydrogen-bond acceptors (Lipinski definition) is 6. The number of thiazole rings is 1. The first-order valence-electron chi connectivity index (χ1n) is 4.75. The molecule has 1 atom stereocenters. The number of carbonyl (C=O) groups is 2. The van der Waals surface area contributed by atoms with E-state index in [1.54, 1.807) is 17.1 Å². The summed E-state index contributed by atoms with van der Waals surface area (Å²) in [7, 11) is 0. The molecule has 2 heterocycles. The number of hydrogen-bond donors (Lipinski definition) is 2. The lowest BCUT2D eigenvalue weighted by Gasteiger charge is -2.07. The Morgan fingerprint density at radius 2 is 2.44 bits per heavy atom. The quantitative estimate of drug-likeness (QED) is 0.789. The van der Waals surface area contributed by atoms with Crippen molar-refractivity contribution in [3.63, 3.8) is 0 Å². The Bertz CT molecular complexity index is 413. The van der Waals surface area contributed by atoms with Gasteiger partial charge in [0.05, 0.1) is 6.04 Å². The highest BCUT2D eigenvalue weighted by atomic mass is 32.2. The monoisotopic (exact) mass is 257 g/mol. The Hall–Kier alpha value is -0.920. The van der Waals surface area contributed by atoms with Crippen molar-refractivity contribution in [2.24, 2.45) is 0 Å². The molecule has 0 saturated carbocycles. The Balaban J connectivity index is 1.97. The number of ketones is 1. The molecule has 1 saturated heterocycles. The molecule has 2 rings (SSSR count). The number of thioether (sulfide) groups is 1. The summed E-state index contributed by atoms with van der Waals surface area (Å²) in [5.74, 6) is 1.39. The summed E-state index contributed by atoms with van der Waals surface area (Å²) in [4.78, 5) is 26.7. The lowest BCUT2D eigenvalue weighted by atomic mass is 10.3. The van der Waals surface area contributed by atoms with E-state index in [2.05, 4.69) is 15.6 Å². The minimum absolute atomic E-state index is 0.0885. The molecule has 2 N–H and O–H groups in total. The number of amides is 1. The van der Waals surface area contributed by atoms with Gasteiger partial charge in [0.15, 0.2) is 10.9 Å². The molecule has 5 nitrogen and oxygen atoms in total. The number of rotatable bonds is 3. The van der Waals surface area contributed by atoms with Crippen LogP contribution in [0.25, 0.3) is 0 Å². The maximum atomic E-state index is 11.7. The van der Waals surface area contributed by atoms with Gasteiger partial charge in [-0.2, -0.15) is 0 Å². The molecule has 1 aliphatic heterocycles. The van der Waals surface area contributed by atoms with E-state index in [0.717, 1.165) is 11.6 Å². The van der Waals surface area contributed by atoms with Crippen LogP contribution in [0.5, 0.6) is 0 Å². The smallest absolute Gasteiger partial charge is 0.244 e. The van der Waals surface area contributed by atoms with E-state index in [1.165, 1.54) is 18.3 Å². The standard InChI is InChI=1S/C9H11N3O2S2/c1-5(13)6-3-16-9(11-6)12-8(14)7-2-15-4-10-7/h3,7,10H,2,4H2,1H3,(H,11,12,14). The Morgan fingerprint density at radius 1 is 1.62 bits per heavy atom. The highest BCUT2D eigenvalue weighted by Gasteiger charge is 2.23. The maximum absolute atomic E-state index is 11.7. The fourth-order valence-electron chi connectivity index (χ4n) is 1.25. The summed E-state index contributed by atoms with van der Waals surface area (Å²) in [5.41, 5.74) is 0.397. The van der Waals surface area contributed by atoms with Gasteiger partial charge in [-0.15, -0.1) is 23.1 Å².